The Bertz CT molecular complexity index is 1200. The number of carbonyl (C=O) groups excluding carboxylic acids is 2. The van der Waals surface area contributed by atoms with Crippen LogP contribution in [0.5, 0.6) is 0 Å². The van der Waals surface area contributed by atoms with E-state index in [4.69, 9.17) is 0 Å². The highest BCUT2D eigenvalue weighted by molar-refractivity contribution is 6.07. The first kappa shape index (κ1) is 22.7. The fraction of sp³-hybridized carbons (Fsp3) is 0.154. The summed E-state index contributed by atoms with van der Waals surface area (Å²) in [5.74, 6) is -0.518. The van der Waals surface area contributed by atoms with Crippen molar-refractivity contribution in [2.75, 3.05) is 36.4 Å². The molecule has 0 aromatic heterocycles. The largest absolute Gasteiger partial charge is 0.368 e. The highest BCUT2D eigenvalue weighted by atomic mass is 16.6. The molecule has 0 spiro atoms. The second-order valence-electron chi connectivity index (χ2n) is 7.83. The van der Waals surface area contributed by atoms with E-state index in [2.05, 4.69) is 22.3 Å². The van der Waals surface area contributed by atoms with Gasteiger partial charge in [0.25, 0.3) is 11.6 Å². The summed E-state index contributed by atoms with van der Waals surface area (Å²) in [5.41, 5.74) is 2.66. The maximum absolute atomic E-state index is 13.2. The molecule has 4 rings (SSSR count). The summed E-state index contributed by atoms with van der Waals surface area (Å²) in [4.78, 5) is 40.0. The summed E-state index contributed by atoms with van der Waals surface area (Å²) >= 11 is 0. The van der Waals surface area contributed by atoms with Crippen LogP contribution in [0, 0.1) is 10.1 Å². The molecule has 1 aliphatic rings. The van der Waals surface area contributed by atoms with Crippen LogP contribution in [0.15, 0.2) is 84.9 Å². The maximum atomic E-state index is 13.2. The average Bonchev–Trinajstić information content (AvgIpc) is 2.88. The van der Waals surface area contributed by atoms with Gasteiger partial charge < -0.3 is 15.1 Å². The van der Waals surface area contributed by atoms with E-state index in [0.717, 1.165) is 18.8 Å². The third-order valence-electron chi connectivity index (χ3n) is 5.63. The van der Waals surface area contributed by atoms with Gasteiger partial charge in [-0.3, -0.25) is 19.7 Å². The molecule has 1 saturated heterocycles. The van der Waals surface area contributed by atoms with E-state index in [0.29, 0.717) is 29.9 Å². The topological polar surface area (TPSA) is 95.8 Å². The standard InChI is InChI=1S/C26H24N4O4/c31-25(15-12-20-10-13-22(14-11-20)30(33)34)27-24-9-5-4-8-23(24)26(32)29-18-16-28(17-19-29)21-6-2-1-3-7-21/h1-15H,16-19H2,(H,27,31)/b15-12+. The minimum absolute atomic E-state index is 0.0151. The van der Waals surface area contributed by atoms with Crippen molar-refractivity contribution in [2.24, 2.45) is 0 Å². The van der Waals surface area contributed by atoms with Crippen LogP contribution in [0.25, 0.3) is 6.08 Å². The molecule has 0 bridgehead atoms. The molecule has 3 aromatic rings. The Morgan fingerprint density at radius 2 is 1.50 bits per heavy atom. The second kappa shape index (κ2) is 10.4. The molecule has 1 aliphatic heterocycles. The van der Waals surface area contributed by atoms with Crippen molar-refractivity contribution in [2.45, 2.75) is 0 Å². The molecule has 1 fully saturated rings. The number of hydrogen-bond acceptors (Lipinski definition) is 5. The molecule has 0 aliphatic carbocycles. The molecule has 8 heteroatoms. The number of hydrogen-bond donors (Lipinski definition) is 1. The third kappa shape index (κ3) is 5.47. The van der Waals surface area contributed by atoms with Gasteiger partial charge in [0.15, 0.2) is 0 Å². The van der Waals surface area contributed by atoms with E-state index in [1.165, 1.54) is 18.2 Å². The number of amides is 2. The number of nitrogens with one attached hydrogen (secondary N) is 1. The van der Waals surface area contributed by atoms with Crippen molar-refractivity contribution in [1.29, 1.82) is 0 Å². The van der Waals surface area contributed by atoms with E-state index < -0.39 is 10.8 Å². The predicted octanol–water partition coefficient (Wildman–Crippen LogP) is 4.21. The lowest BCUT2D eigenvalue weighted by atomic mass is 10.1. The van der Waals surface area contributed by atoms with Crippen LogP contribution in [-0.2, 0) is 4.79 Å². The molecule has 0 unspecified atom stereocenters. The summed E-state index contributed by atoms with van der Waals surface area (Å²) in [6.45, 7) is 2.66. The normalized spacial score (nSPS) is 13.6. The van der Waals surface area contributed by atoms with Crippen LogP contribution in [-0.4, -0.2) is 47.8 Å². The smallest absolute Gasteiger partial charge is 0.269 e. The van der Waals surface area contributed by atoms with E-state index in [9.17, 15) is 19.7 Å². The number of carbonyl (C=O) groups is 2. The quantitative estimate of drug-likeness (QED) is 0.341. The van der Waals surface area contributed by atoms with Crippen molar-refractivity contribution in [3.05, 3.63) is 106 Å². The van der Waals surface area contributed by atoms with E-state index >= 15 is 0 Å². The monoisotopic (exact) mass is 456 g/mol. The number of non-ortho nitro benzene ring substituents is 1. The van der Waals surface area contributed by atoms with Crippen molar-refractivity contribution >= 4 is 35.0 Å². The summed E-state index contributed by atoms with van der Waals surface area (Å²) in [7, 11) is 0. The summed E-state index contributed by atoms with van der Waals surface area (Å²) in [6, 6.07) is 22.9. The lowest BCUT2D eigenvalue weighted by molar-refractivity contribution is -0.384. The molecule has 1 heterocycles. The molecule has 0 atom stereocenters. The zero-order valence-electron chi connectivity index (χ0n) is 18.5. The number of anilines is 2. The van der Waals surface area contributed by atoms with Gasteiger partial charge in [0, 0.05) is 50.1 Å². The Kier molecular flexibility index (Phi) is 6.98. The number of nitro benzene ring substituents is 1. The summed E-state index contributed by atoms with van der Waals surface area (Å²) < 4.78 is 0. The maximum Gasteiger partial charge on any atom is 0.269 e. The summed E-state index contributed by atoms with van der Waals surface area (Å²) in [6.07, 6.45) is 2.90. The third-order valence-corrected chi connectivity index (χ3v) is 5.63. The lowest BCUT2D eigenvalue weighted by Gasteiger charge is -2.36. The number of nitrogens with zero attached hydrogens (tertiary/aromatic N) is 3. The molecule has 8 nitrogen and oxygen atoms in total. The zero-order chi connectivity index (χ0) is 23.9. The lowest BCUT2D eigenvalue weighted by Crippen LogP contribution is -2.48. The van der Waals surface area contributed by atoms with Crippen LogP contribution in [0.1, 0.15) is 15.9 Å². The highest BCUT2D eigenvalue weighted by Gasteiger charge is 2.24. The minimum atomic E-state index is -0.477. The molecule has 34 heavy (non-hydrogen) atoms. The molecule has 3 aromatic carbocycles. The van der Waals surface area contributed by atoms with Crippen molar-refractivity contribution < 1.29 is 14.5 Å². The Balaban J connectivity index is 1.39. The van der Waals surface area contributed by atoms with Crippen LogP contribution >= 0.6 is 0 Å². The first-order chi connectivity index (χ1) is 16.5. The number of rotatable bonds is 6. The number of benzene rings is 3. The molecule has 0 radical (unpaired) electrons. The SMILES string of the molecule is O=C(/C=C/c1ccc([N+](=O)[O-])cc1)Nc1ccccc1C(=O)N1CCN(c2ccccc2)CC1. The molecular formula is C26H24N4O4. The van der Waals surface area contributed by atoms with Gasteiger partial charge in [-0.2, -0.15) is 0 Å². The number of piperazine rings is 1. The Hall–Kier alpha value is -4.46. The molecule has 172 valence electrons. The van der Waals surface area contributed by atoms with Gasteiger partial charge in [0.2, 0.25) is 5.91 Å². The van der Waals surface area contributed by atoms with Crippen molar-refractivity contribution in [3.8, 4) is 0 Å². The fourth-order valence-electron chi connectivity index (χ4n) is 3.81. The molecular weight excluding hydrogens is 432 g/mol. The predicted molar refractivity (Wildman–Crippen MR) is 132 cm³/mol. The molecule has 2 amide bonds. The van der Waals surface area contributed by atoms with Crippen molar-refractivity contribution in [3.63, 3.8) is 0 Å². The van der Waals surface area contributed by atoms with E-state index in [1.54, 1.807) is 47.4 Å². The average molecular weight is 457 g/mol. The van der Waals surface area contributed by atoms with Crippen LogP contribution < -0.4 is 10.2 Å². The Morgan fingerprint density at radius 3 is 2.18 bits per heavy atom. The van der Waals surface area contributed by atoms with Gasteiger partial charge in [0.05, 0.1) is 16.2 Å². The highest BCUT2D eigenvalue weighted by Crippen LogP contribution is 2.21. The second-order valence-corrected chi connectivity index (χ2v) is 7.83. The van der Waals surface area contributed by atoms with Crippen molar-refractivity contribution in [1.82, 2.24) is 4.90 Å². The number of para-hydroxylation sites is 2. The Morgan fingerprint density at radius 1 is 0.853 bits per heavy atom. The first-order valence-electron chi connectivity index (χ1n) is 10.9. The van der Waals surface area contributed by atoms with Gasteiger partial charge in [-0.25, -0.2) is 0 Å². The minimum Gasteiger partial charge on any atom is -0.368 e. The van der Waals surface area contributed by atoms with Gasteiger partial charge in [-0.15, -0.1) is 0 Å². The van der Waals surface area contributed by atoms with E-state index in [1.807, 2.05) is 18.2 Å². The fourth-order valence-corrected chi connectivity index (χ4v) is 3.81. The first-order valence-corrected chi connectivity index (χ1v) is 10.9. The molecule has 1 N–H and O–H groups in total. The van der Waals surface area contributed by atoms with Gasteiger partial charge in [0.1, 0.15) is 0 Å². The zero-order valence-corrected chi connectivity index (χ0v) is 18.5. The van der Waals surface area contributed by atoms with Gasteiger partial charge >= 0.3 is 0 Å². The van der Waals surface area contributed by atoms with Gasteiger partial charge in [-0.1, -0.05) is 30.3 Å². The van der Waals surface area contributed by atoms with Crippen LogP contribution in [0.4, 0.5) is 17.1 Å². The van der Waals surface area contributed by atoms with E-state index in [-0.39, 0.29) is 11.6 Å². The number of nitro groups is 1. The van der Waals surface area contributed by atoms with Crippen LogP contribution in [0.2, 0.25) is 0 Å². The summed E-state index contributed by atoms with van der Waals surface area (Å²) in [5, 5.41) is 13.5. The van der Waals surface area contributed by atoms with Crippen LogP contribution in [0.3, 0.4) is 0 Å². The van der Waals surface area contributed by atoms with Gasteiger partial charge in [-0.05, 0) is 48.0 Å². The molecule has 0 saturated carbocycles. The Labute approximate surface area is 197 Å².